The third-order valence-corrected chi connectivity index (χ3v) is 4.85. The van der Waals surface area contributed by atoms with Crippen LogP contribution in [0.1, 0.15) is 28.5 Å². The summed E-state index contributed by atoms with van der Waals surface area (Å²) in [6, 6.07) is 13.0. The van der Waals surface area contributed by atoms with E-state index in [0.29, 0.717) is 6.04 Å². The third kappa shape index (κ3) is 2.70. The average Bonchev–Trinajstić information content (AvgIpc) is 3.02. The van der Waals surface area contributed by atoms with Gasteiger partial charge >= 0.3 is 0 Å². The Morgan fingerprint density at radius 1 is 1.25 bits per heavy atom. The highest BCUT2D eigenvalue weighted by Crippen LogP contribution is 2.34. The van der Waals surface area contributed by atoms with E-state index < -0.39 is 0 Å². The summed E-state index contributed by atoms with van der Waals surface area (Å²) in [5.41, 5.74) is 3.65. The van der Waals surface area contributed by atoms with Crippen LogP contribution in [0, 0.1) is 0 Å². The molecule has 2 aromatic rings. The van der Waals surface area contributed by atoms with Crippen molar-refractivity contribution >= 4 is 16.9 Å². The second-order valence-corrected chi connectivity index (χ2v) is 6.22. The van der Waals surface area contributed by atoms with Gasteiger partial charge in [-0.3, -0.25) is 4.90 Å². The molecule has 0 aliphatic carbocycles. The van der Waals surface area contributed by atoms with Gasteiger partial charge in [0, 0.05) is 11.4 Å². The standard InChI is InChI=1S/C17H19NOS/c1-18-9-8-15(11-16(18)17-3-2-10-20-17)14-6-4-13(12-19)5-7-14/h2-7,10-11,16,19H,8-9,12H2,1H3. The molecule has 1 aromatic heterocycles. The summed E-state index contributed by atoms with van der Waals surface area (Å²) in [7, 11) is 2.19. The molecular formula is C17H19NOS. The summed E-state index contributed by atoms with van der Waals surface area (Å²) in [4.78, 5) is 3.80. The molecular weight excluding hydrogens is 266 g/mol. The van der Waals surface area contributed by atoms with E-state index in [0.717, 1.165) is 18.5 Å². The van der Waals surface area contributed by atoms with Crippen LogP contribution in [0.3, 0.4) is 0 Å². The highest BCUT2D eigenvalue weighted by atomic mass is 32.1. The molecule has 2 nitrogen and oxygen atoms in total. The monoisotopic (exact) mass is 285 g/mol. The van der Waals surface area contributed by atoms with E-state index in [4.69, 9.17) is 5.11 Å². The van der Waals surface area contributed by atoms with Gasteiger partial charge in [0.2, 0.25) is 0 Å². The zero-order valence-electron chi connectivity index (χ0n) is 11.6. The second-order valence-electron chi connectivity index (χ2n) is 5.24. The Hall–Kier alpha value is -1.42. The normalized spacial score (nSPS) is 19.9. The van der Waals surface area contributed by atoms with Gasteiger partial charge in [-0.25, -0.2) is 0 Å². The Morgan fingerprint density at radius 3 is 2.70 bits per heavy atom. The van der Waals surface area contributed by atoms with Gasteiger partial charge in [-0.1, -0.05) is 36.4 Å². The van der Waals surface area contributed by atoms with Crippen molar-refractivity contribution in [1.82, 2.24) is 4.90 Å². The number of thiophene rings is 1. The van der Waals surface area contributed by atoms with Crippen molar-refractivity contribution in [3.63, 3.8) is 0 Å². The molecule has 2 heterocycles. The highest BCUT2D eigenvalue weighted by molar-refractivity contribution is 7.10. The average molecular weight is 285 g/mol. The minimum absolute atomic E-state index is 0.111. The van der Waals surface area contributed by atoms with Gasteiger partial charge in [0.15, 0.2) is 0 Å². The minimum atomic E-state index is 0.111. The first-order chi connectivity index (χ1) is 9.78. The number of aliphatic hydroxyl groups is 1. The van der Waals surface area contributed by atoms with Crippen LogP contribution in [0.2, 0.25) is 0 Å². The molecule has 1 N–H and O–H groups in total. The van der Waals surface area contributed by atoms with E-state index in [1.165, 1.54) is 16.0 Å². The molecule has 0 amide bonds. The fourth-order valence-electron chi connectivity index (χ4n) is 2.66. The fourth-order valence-corrected chi connectivity index (χ4v) is 3.52. The quantitative estimate of drug-likeness (QED) is 0.929. The van der Waals surface area contributed by atoms with Crippen molar-refractivity contribution in [1.29, 1.82) is 0 Å². The van der Waals surface area contributed by atoms with E-state index >= 15 is 0 Å². The predicted octanol–water partition coefficient (Wildman–Crippen LogP) is 3.70. The van der Waals surface area contributed by atoms with Crippen molar-refractivity contribution in [3.8, 4) is 0 Å². The molecule has 20 heavy (non-hydrogen) atoms. The van der Waals surface area contributed by atoms with Gasteiger partial charge in [-0.15, -0.1) is 11.3 Å². The van der Waals surface area contributed by atoms with Gasteiger partial charge in [0.1, 0.15) is 0 Å². The molecule has 104 valence electrons. The molecule has 1 aliphatic heterocycles. The zero-order valence-corrected chi connectivity index (χ0v) is 12.4. The van der Waals surface area contributed by atoms with E-state index in [-0.39, 0.29) is 6.61 Å². The molecule has 1 unspecified atom stereocenters. The van der Waals surface area contributed by atoms with Gasteiger partial charge < -0.3 is 5.11 Å². The highest BCUT2D eigenvalue weighted by Gasteiger charge is 2.21. The van der Waals surface area contributed by atoms with Crippen LogP contribution in [-0.4, -0.2) is 23.6 Å². The first kappa shape index (κ1) is 13.6. The summed E-state index contributed by atoms with van der Waals surface area (Å²) < 4.78 is 0. The molecule has 0 saturated heterocycles. The molecule has 3 heteroatoms. The molecule has 3 rings (SSSR count). The van der Waals surface area contributed by atoms with Crippen molar-refractivity contribution in [2.75, 3.05) is 13.6 Å². The Labute approximate surface area is 124 Å². The number of likely N-dealkylation sites (N-methyl/N-ethyl adjacent to an activating group) is 1. The van der Waals surface area contributed by atoms with Crippen LogP contribution >= 0.6 is 11.3 Å². The minimum Gasteiger partial charge on any atom is -0.392 e. The maximum atomic E-state index is 9.12. The molecule has 1 atom stereocenters. The summed E-state index contributed by atoms with van der Waals surface area (Å²) in [5, 5.41) is 11.3. The maximum absolute atomic E-state index is 9.12. The molecule has 0 saturated carbocycles. The first-order valence-corrected chi connectivity index (χ1v) is 7.80. The lowest BCUT2D eigenvalue weighted by Gasteiger charge is -2.30. The molecule has 0 radical (unpaired) electrons. The van der Waals surface area contributed by atoms with Gasteiger partial charge in [0.25, 0.3) is 0 Å². The summed E-state index contributed by atoms with van der Waals surface area (Å²) >= 11 is 1.82. The number of hydrogen-bond donors (Lipinski definition) is 1. The van der Waals surface area contributed by atoms with Crippen LogP contribution in [-0.2, 0) is 6.61 Å². The number of hydrogen-bond acceptors (Lipinski definition) is 3. The topological polar surface area (TPSA) is 23.5 Å². The Balaban J connectivity index is 1.90. The van der Waals surface area contributed by atoms with E-state index in [1.807, 2.05) is 23.5 Å². The zero-order chi connectivity index (χ0) is 13.9. The molecule has 0 bridgehead atoms. The van der Waals surface area contributed by atoms with Gasteiger partial charge in [-0.05, 0) is 41.6 Å². The molecule has 0 fully saturated rings. The Morgan fingerprint density at radius 2 is 2.05 bits per heavy atom. The van der Waals surface area contributed by atoms with Crippen molar-refractivity contribution in [2.45, 2.75) is 19.1 Å². The summed E-state index contributed by atoms with van der Waals surface area (Å²) in [6.07, 6.45) is 3.46. The van der Waals surface area contributed by atoms with Gasteiger partial charge in [0.05, 0.1) is 12.6 Å². The van der Waals surface area contributed by atoms with Crippen molar-refractivity contribution in [2.24, 2.45) is 0 Å². The van der Waals surface area contributed by atoms with Crippen molar-refractivity contribution < 1.29 is 5.11 Å². The van der Waals surface area contributed by atoms with Gasteiger partial charge in [-0.2, -0.15) is 0 Å². The van der Waals surface area contributed by atoms with Crippen LogP contribution in [0.15, 0.2) is 47.9 Å². The SMILES string of the molecule is CN1CCC(c2ccc(CO)cc2)=CC1c1cccs1. The van der Waals surface area contributed by atoms with E-state index in [9.17, 15) is 0 Å². The van der Waals surface area contributed by atoms with E-state index in [2.05, 4.69) is 47.7 Å². The third-order valence-electron chi connectivity index (χ3n) is 3.91. The van der Waals surface area contributed by atoms with Crippen molar-refractivity contribution in [3.05, 3.63) is 63.9 Å². The van der Waals surface area contributed by atoms with Crippen LogP contribution in [0.4, 0.5) is 0 Å². The second kappa shape index (κ2) is 5.92. The van der Waals surface area contributed by atoms with E-state index in [1.54, 1.807) is 0 Å². The van der Waals surface area contributed by atoms with Crippen LogP contribution in [0.5, 0.6) is 0 Å². The van der Waals surface area contributed by atoms with Crippen LogP contribution < -0.4 is 0 Å². The lowest BCUT2D eigenvalue weighted by Crippen LogP contribution is -2.27. The largest absolute Gasteiger partial charge is 0.392 e. The number of rotatable bonds is 3. The molecule has 0 spiro atoms. The lowest BCUT2D eigenvalue weighted by molar-refractivity contribution is 0.282. The number of benzene rings is 1. The summed E-state index contributed by atoms with van der Waals surface area (Å²) in [6.45, 7) is 1.19. The summed E-state index contributed by atoms with van der Waals surface area (Å²) in [5.74, 6) is 0. The first-order valence-electron chi connectivity index (χ1n) is 6.92. The number of aliphatic hydroxyl groups excluding tert-OH is 1. The fraction of sp³-hybridized carbons (Fsp3) is 0.294. The maximum Gasteiger partial charge on any atom is 0.0681 e. The molecule has 1 aliphatic rings. The lowest BCUT2D eigenvalue weighted by atomic mass is 9.95. The number of nitrogens with zero attached hydrogens (tertiary/aromatic N) is 1. The smallest absolute Gasteiger partial charge is 0.0681 e. The predicted molar refractivity (Wildman–Crippen MR) is 84.6 cm³/mol. The van der Waals surface area contributed by atoms with Crippen LogP contribution in [0.25, 0.3) is 5.57 Å². The Bertz CT molecular complexity index is 586. The Kier molecular flexibility index (Phi) is 4.01. The molecule has 1 aromatic carbocycles.